The largest absolute Gasteiger partial charge is 0.370 e. The molecule has 0 spiro atoms. The summed E-state index contributed by atoms with van der Waals surface area (Å²) in [4.78, 5) is 0. The monoisotopic (exact) mass is 344 g/mol. The first-order valence-electron chi connectivity index (χ1n) is 6.99. The van der Waals surface area contributed by atoms with Gasteiger partial charge >= 0.3 is 0 Å². The van der Waals surface area contributed by atoms with E-state index in [1.165, 1.54) is 15.8 Å². The first-order valence-corrected chi connectivity index (χ1v) is 8.66. The maximum Gasteiger partial charge on any atom is 0.0924 e. The molecule has 1 aromatic rings. The van der Waals surface area contributed by atoms with Gasteiger partial charge in [-0.1, -0.05) is 13.8 Å². The van der Waals surface area contributed by atoms with Crippen LogP contribution in [0.1, 0.15) is 45.6 Å². The number of hydrogen-bond acceptors (Lipinski definition) is 3. The van der Waals surface area contributed by atoms with Gasteiger partial charge in [0.25, 0.3) is 0 Å². The van der Waals surface area contributed by atoms with Crippen molar-refractivity contribution >= 4 is 27.3 Å². The second kappa shape index (κ2) is 4.83. The molecule has 3 heterocycles. The zero-order valence-corrected chi connectivity index (χ0v) is 14.1. The smallest absolute Gasteiger partial charge is 0.0924 e. The molecule has 0 aromatic carbocycles. The Morgan fingerprint density at radius 1 is 1.53 bits per heavy atom. The Hall–Kier alpha value is 0.100. The molecule has 2 bridgehead atoms. The van der Waals surface area contributed by atoms with E-state index in [4.69, 9.17) is 9.47 Å². The fraction of sp³-hybridized carbons (Fsp3) is 0.733. The SMILES string of the molecule is CC(C)[C@@]12CC[C@@](C)(O1)[C@@H](OCc1ccsc1Br)C2. The maximum atomic E-state index is 6.39. The zero-order valence-electron chi connectivity index (χ0n) is 11.7. The van der Waals surface area contributed by atoms with Crippen LogP contribution < -0.4 is 0 Å². The summed E-state index contributed by atoms with van der Waals surface area (Å²) in [6.07, 6.45) is 3.59. The lowest BCUT2D eigenvalue weighted by Gasteiger charge is -2.31. The van der Waals surface area contributed by atoms with Crippen LogP contribution in [0.4, 0.5) is 0 Å². The van der Waals surface area contributed by atoms with E-state index < -0.39 is 0 Å². The average Bonchev–Trinajstić information content (AvgIpc) is 2.98. The fourth-order valence-corrected chi connectivity index (χ4v) is 4.62. The third-order valence-corrected chi connectivity index (χ3v) is 6.69. The van der Waals surface area contributed by atoms with Crippen molar-refractivity contribution in [3.05, 3.63) is 20.8 Å². The maximum absolute atomic E-state index is 6.39. The van der Waals surface area contributed by atoms with Crippen LogP contribution in [-0.2, 0) is 16.1 Å². The van der Waals surface area contributed by atoms with E-state index in [2.05, 4.69) is 48.1 Å². The van der Waals surface area contributed by atoms with Crippen molar-refractivity contribution in [3.63, 3.8) is 0 Å². The predicted octanol–water partition coefficient (Wildman–Crippen LogP) is 4.76. The zero-order chi connectivity index (χ0) is 13.7. The summed E-state index contributed by atoms with van der Waals surface area (Å²) in [6.45, 7) is 7.44. The van der Waals surface area contributed by atoms with Gasteiger partial charge < -0.3 is 9.47 Å². The van der Waals surface area contributed by atoms with Gasteiger partial charge in [-0.25, -0.2) is 0 Å². The highest BCUT2D eigenvalue weighted by atomic mass is 79.9. The second-order valence-electron chi connectivity index (χ2n) is 6.36. The molecule has 3 atom stereocenters. The molecule has 0 amide bonds. The van der Waals surface area contributed by atoms with Crippen LogP contribution in [0, 0.1) is 5.92 Å². The van der Waals surface area contributed by atoms with E-state index >= 15 is 0 Å². The molecule has 0 aliphatic carbocycles. The van der Waals surface area contributed by atoms with Gasteiger partial charge in [0.1, 0.15) is 0 Å². The summed E-state index contributed by atoms with van der Waals surface area (Å²) >= 11 is 5.28. The van der Waals surface area contributed by atoms with E-state index in [-0.39, 0.29) is 17.3 Å². The lowest BCUT2D eigenvalue weighted by atomic mass is 9.75. The molecule has 3 rings (SSSR count). The Morgan fingerprint density at radius 3 is 2.89 bits per heavy atom. The Labute approximate surface area is 127 Å². The second-order valence-corrected chi connectivity index (χ2v) is 8.59. The molecule has 2 aliphatic heterocycles. The lowest BCUT2D eigenvalue weighted by molar-refractivity contribution is -0.0960. The summed E-state index contributed by atoms with van der Waals surface area (Å²) in [6, 6.07) is 2.13. The highest BCUT2D eigenvalue weighted by molar-refractivity contribution is 9.11. The van der Waals surface area contributed by atoms with Crippen LogP contribution in [0.3, 0.4) is 0 Å². The molecule has 0 saturated carbocycles. The van der Waals surface area contributed by atoms with Gasteiger partial charge in [-0.3, -0.25) is 0 Å². The molecular weight excluding hydrogens is 324 g/mol. The fourth-order valence-electron chi connectivity index (χ4n) is 3.42. The van der Waals surface area contributed by atoms with Crippen molar-refractivity contribution < 1.29 is 9.47 Å². The van der Waals surface area contributed by atoms with Gasteiger partial charge in [-0.15, -0.1) is 11.3 Å². The van der Waals surface area contributed by atoms with Gasteiger partial charge in [0, 0.05) is 12.0 Å². The summed E-state index contributed by atoms with van der Waals surface area (Å²) in [5.41, 5.74) is 1.23. The Kier molecular flexibility index (Phi) is 3.57. The van der Waals surface area contributed by atoms with Crippen LogP contribution in [-0.4, -0.2) is 17.3 Å². The molecule has 2 nitrogen and oxygen atoms in total. The Morgan fingerprint density at radius 2 is 2.32 bits per heavy atom. The van der Waals surface area contributed by atoms with E-state index in [1.54, 1.807) is 11.3 Å². The topological polar surface area (TPSA) is 18.5 Å². The van der Waals surface area contributed by atoms with Gasteiger partial charge in [-0.05, 0) is 53.1 Å². The molecule has 0 unspecified atom stereocenters. The van der Waals surface area contributed by atoms with Crippen LogP contribution >= 0.6 is 27.3 Å². The minimum absolute atomic E-state index is 0.0608. The van der Waals surface area contributed by atoms with Crippen LogP contribution in [0.25, 0.3) is 0 Å². The molecule has 4 heteroatoms. The van der Waals surface area contributed by atoms with Gasteiger partial charge in [0.2, 0.25) is 0 Å². The number of rotatable bonds is 4. The number of hydrogen-bond donors (Lipinski definition) is 0. The first-order chi connectivity index (χ1) is 8.95. The Bertz CT molecular complexity index is 472. The minimum Gasteiger partial charge on any atom is -0.370 e. The number of ether oxygens (including phenoxy) is 2. The van der Waals surface area contributed by atoms with E-state index in [0.29, 0.717) is 12.5 Å². The highest BCUT2D eigenvalue weighted by Crippen LogP contribution is 2.55. The van der Waals surface area contributed by atoms with Gasteiger partial charge in [-0.2, -0.15) is 0 Å². The van der Waals surface area contributed by atoms with E-state index in [1.807, 2.05) is 0 Å². The number of halogens is 1. The van der Waals surface area contributed by atoms with Crippen molar-refractivity contribution in [2.24, 2.45) is 5.92 Å². The first kappa shape index (κ1) is 14.1. The van der Waals surface area contributed by atoms with E-state index in [0.717, 1.165) is 12.8 Å². The standard InChI is InChI=1S/C15H21BrO2S/c1-10(2)15-6-5-14(3,18-15)12(8-15)17-9-11-4-7-19-13(11)16/h4,7,10,12H,5-6,8-9H2,1-3H3/t12-,14+,15-/m0/s1. The third-order valence-electron chi connectivity index (χ3n) is 4.88. The average molecular weight is 345 g/mol. The third kappa shape index (κ3) is 2.31. The van der Waals surface area contributed by atoms with Crippen LogP contribution in [0.5, 0.6) is 0 Å². The summed E-state index contributed by atoms with van der Waals surface area (Å²) < 4.78 is 13.8. The molecule has 2 aliphatic rings. The van der Waals surface area contributed by atoms with Crippen LogP contribution in [0.15, 0.2) is 15.2 Å². The van der Waals surface area contributed by atoms with Gasteiger partial charge in [0.15, 0.2) is 0 Å². The molecule has 2 fully saturated rings. The number of fused-ring (bicyclic) bond motifs is 2. The number of thiophene rings is 1. The molecular formula is C15H21BrO2S. The summed E-state index contributed by atoms with van der Waals surface area (Å²) in [7, 11) is 0. The highest BCUT2D eigenvalue weighted by Gasteiger charge is 2.60. The van der Waals surface area contributed by atoms with Crippen molar-refractivity contribution in [2.45, 2.75) is 63.9 Å². The lowest BCUT2D eigenvalue weighted by Crippen LogP contribution is -2.38. The van der Waals surface area contributed by atoms with Crippen molar-refractivity contribution in [1.82, 2.24) is 0 Å². The summed E-state index contributed by atoms with van der Waals surface area (Å²) in [5, 5.41) is 2.09. The van der Waals surface area contributed by atoms with Crippen molar-refractivity contribution in [3.8, 4) is 0 Å². The molecule has 19 heavy (non-hydrogen) atoms. The summed E-state index contributed by atoms with van der Waals surface area (Å²) in [5.74, 6) is 0.566. The molecule has 106 valence electrons. The molecule has 0 radical (unpaired) electrons. The van der Waals surface area contributed by atoms with Gasteiger partial charge in [0.05, 0.1) is 27.7 Å². The molecule has 0 N–H and O–H groups in total. The Balaban J connectivity index is 1.69. The predicted molar refractivity (Wildman–Crippen MR) is 81.5 cm³/mol. The van der Waals surface area contributed by atoms with Crippen molar-refractivity contribution in [2.75, 3.05) is 0 Å². The molecule has 2 saturated heterocycles. The van der Waals surface area contributed by atoms with Crippen LogP contribution in [0.2, 0.25) is 0 Å². The molecule has 1 aromatic heterocycles. The quantitative estimate of drug-likeness (QED) is 0.783. The van der Waals surface area contributed by atoms with E-state index in [9.17, 15) is 0 Å². The minimum atomic E-state index is -0.0766. The van der Waals surface area contributed by atoms with Crippen molar-refractivity contribution in [1.29, 1.82) is 0 Å². The normalized spacial score (nSPS) is 37.4.